The smallest absolute Gasteiger partial charge is 0.312 e. The molecule has 0 radical (unpaired) electrons. The van der Waals surface area contributed by atoms with Gasteiger partial charge >= 0.3 is 11.9 Å². The zero-order chi connectivity index (χ0) is 18.4. The number of rotatable bonds is 2. The Hall–Kier alpha value is -1.36. The Balaban J connectivity index is 1.94. The molecule has 25 heavy (non-hydrogen) atoms. The average molecular weight is 348 g/mol. The molecule has 5 heteroatoms. The molecule has 5 nitrogen and oxygen atoms in total. The highest BCUT2D eigenvalue weighted by Crippen LogP contribution is 2.77. The summed E-state index contributed by atoms with van der Waals surface area (Å²) in [5.41, 5.74) is -1.01. The van der Waals surface area contributed by atoms with Gasteiger partial charge in [0.25, 0.3) is 0 Å². The van der Waals surface area contributed by atoms with Crippen LogP contribution < -0.4 is 0 Å². The molecule has 5 saturated carbocycles. The second-order valence-corrected chi connectivity index (χ2v) is 9.53. The van der Waals surface area contributed by atoms with Crippen LogP contribution in [0.5, 0.6) is 0 Å². The first-order valence-corrected chi connectivity index (χ1v) is 9.41. The van der Waals surface area contributed by atoms with Gasteiger partial charge in [0, 0.05) is 0 Å². The third-order valence-electron chi connectivity index (χ3n) is 8.79. The first-order valence-electron chi connectivity index (χ1n) is 9.41. The number of fused-ring (bicyclic) bond motifs is 3. The largest absolute Gasteiger partial charge is 0.481 e. The van der Waals surface area contributed by atoms with Crippen molar-refractivity contribution in [2.75, 3.05) is 0 Å². The van der Waals surface area contributed by atoms with Crippen molar-refractivity contribution in [3.05, 3.63) is 12.2 Å². The van der Waals surface area contributed by atoms with Crippen molar-refractivity contribution in [1.29, 1.82) is 0 Å². The maximum Gasteiger partial charge on any atom is 0.312 e. The lowest BCUT2D eigenvalue weighted by molar-refractivity contribution is -0.181. The van der Waals surface area contributed by atoms with Crippen molar-refractivity contribution < 1.29 is 24.9 Å². The van der Waals surface area contributed by atoms with Crippen LogP contribution in [0, 0.1) is 39.9 Å². The SMILES string of the molecule is C=C1C[C@]23CC[C@H]1C[C@H]2[C@]1(C)CC[C@H](O)[C@@](C)(C(=O)O)[C@H]1[C@@H]3C(=O)O. The highest BCUT2D eigenvalue weighted by atomic mass is 16.4. The van der Waals surface area contributed by atoms with Gasteiger partial charge in [0.2, 0.25) is 0 Å². The lowest BCUT2D eigenvalue weighted by atomic mass is 9.49. The number of hydrogen-bond donors (Lipinski definition) is 3. The Labute approximate surface area is 148 Å². The molecular weight excluding hydrogens is 320 g/mol. The number of carbonyl (C=O) groups is 2. The van der Waals surface area contributed by atoms with Gasteiger partial charge < -0.3 is 15.3 Å². The monoisotopic (exact) mass is 348 g/mol. The third-order valence-corrected chi connectivity index (χ3v) is 8.79. The Morgan fingerprint density at radius 1 is 1.16 bits per heavy atom. The number of carboxylic acid groups (broad SMARTS) is 2. The fraction of sp³-hybridized carbons (Fsp3) is 0.800. The minimum Gasteiger partial charge on any atom is -0.481 e. The molecule has 3 N–H and O–H groups in total. The zero-order valence-electron chi connectivity index (χ0n) is 15.0. The Kier molecular flexibility index (Phi) is 3.33. The highest BCUT2D eigenvalue weighted by molar-refractivity contribution is 5.80. The quantitative estimate of drug-likeness (QED) is 0.667. The molecule has 2 bridgehead atoms. The maximum absolute atomic E-state index is 12.5. The first-order chi connectivity index (χ1) is 11.6. The normalized spacial score (nSPS) is 54.0. The summed E-state index contributed by atoms with van der Waals surface area (Å²) in [6.45, 7) is 7.89. The van der Waals surface area contributed by atoms with Gasteiger partial charge in [-0.1, -0.05) is 19.1 Å². The summed E-state index contributed by atoms with van der Waals surface area (Å²) >= 11 is 0. The number of aliphatic hydroxyl groups is 1. The highest BCUT2D eigenvalue weighted by Gasteiger charge is 2.76. The second-order valence-electron chi connectivity index (χ2n) is 9.53. The van der Waals surface area contributed by atoms with Gasteiger partial charge in [-0.3, -0.25) is 9.59 Å². The second kappa shape index (κ2) is 4.87. The summed E-state index contributed by atoms with van der Waals surface area (Å²) in [6, 6.07) is 0. The molecule has 5 rings (SSSR count). The van der Waals surface area contributed by atoms with Crippen LogP contribution in [0.2, 0.25) is 0 Å². The van der Waals surface area contributed by atoms with Crippen LogP contribution in [0.15, 0.2) is 12.2 Å². The van der Waals surface area contributed by atoms with Gasteiger partial charge in [0.15, 0.2) is 0 Å². The van der Waals surface area contributed by atoms with E-state index in [1.54, 1.807) is 6.92 Å². The Morgan fingerprint density at radius 2 is 1.84 bits per heavy atom. The number of hydrogen-bond acceptors (Lipinski definition) is 3. The minimum absolute atomic E-state index is 0.210. The molecule has 0 aromatic carbocycles. The van der Waals surface area contributed by atoms with E-state index in [-0.39, 0.29) is 11.3 Å². The molecule has 1 spiro atoms. The lowest BCUT2D eigenvalue weighted by Crippen LogP contribution is -2.57. The molecule has 0 heterocycles. The Morgan fingerprint density at radius 3 is 2.40 bits per heavy atom. The van der Waals surface area contributed by atoms with E-state index < -0.39 is 40.7 Å². The van der Waals surface area contributed by atoms with Crippen LogP contribution in [0.4, 0.5) is 0 Å². The minimum atomic E-state index is -1.42. The molecule has 5 aliphatic rings. The van der Waals surface area contributed by atoms with Crippen LogP contribution in [0.25, 0.3) is 0 Å². The molecule has 0 aromatic heterocycles. The van der Waals surface area contributed by atoms with E-state index in [1.807, 2.05) is 0 Å². The summed E-state index contributed by atoms with van der Waals surface area (Å²) < 4.78 is 0. The number of aliphatic carboxylic acids is 2. The van der Waals surface area contributed by atoms with E-state index in [0.717, 1.165) is 24.8 Å². The van der Waals surface area contributed by atoms with Gasteiger partial charge in [0.1, 0.15) is 0 Å². The van der Waals surface area contributed by atoms with Gasteiger partial charge in [-0.05, 0) is 74.0 Å². The summed E-state index contributed by atoms with van der Waals surface area (Å²) in [4.78, 5) is 24.7. The molecule has 8 atom stereocenters. The third kappa shape index (κ3) is 1.78. The van der Waals surface area contributed by atoms with Gasteiger partial charge in [-0.15, -0.1) is 0 Å². The fourth-order valence-corrected chi connectivity index (χ4v) is 7.72. The summed E-state index contributed by atoms with van der Waals surface area (Å²) in [5.74, 6) is -2.58. The average Bonchev–Trinajstić information content (AvgIpc) is 2.78. The fourth-order valence-electron chi connectivity index (χ4n) is 7.72. The summed E-state index contributed by atoms with van der Waals surface area (Å²) in [6.07, 6.45) is 3.59. The van der Waals surface area contributed by atoms with Crippen LogP contribution >= 0.6 is 0 Å². The summed E-state index contributed by atoms with van der Waals surface area (Å²) in [7, 11) is 0. The van der Waals surface area contributed by atoms with Crippen molar-refractivity contribution in [3.8, 4) is 0 Å². The summed E-state index contributed by atoms with van der Waals surface area (Å²) in [5, 5.41) is 30.8. The van der Waals surface area contributed by atoms with Crippen molar-refractivity contribution in [1.82, 2.24) is 0 Å². The van der Waals surface area contributed by atoms with E-state index in [4.69, 9.17) is 0 Å². The number of aliphatic hydroxyl groups excluding tert-OH is 1. The van der Waals surface area contributed by atoms with Crippen molar-refractivity contribution >= 4 is 11.9 Å². The molecule has 0 aliphatic heterocycles. The first kappa shape index (κ1) is 17.1. The molecule has 0 aromatic rings. The molecule has 138 valence electrons. The van der Waals surface area contributed by atoms with Crippen molar-refractivity contribution in [2.24, 2.45) is 39.9 Å². The van der Waals surface area contributed by atoms with Crippen LogP contribution in [-0.4, -0.2) is 33.4 Å². The maximum atomic E-state index is 12.5. The molecule has 5 fully saturated rings. The van der Waals surface area contributed by atoms with Gasteiger partial charge in [-0.25, -0.2) is 0 Å². The van der Waals surface area contributed by atoms with Crippen LogP contribution in [0.1, 0.15) is 52.4 Å². The van der Waals surface area contributed by atoms with Gasteiger partial charge in [-0.2, -0.15) is 0 Å². The van der Waals surface area contributed by atoms with E-state index in [0.29, 0.717) is 25.2 Å². The topological polar surface area (TPSA) is 94.8 Å². The van der Waals surface area contributed by atoms with Crippen molar-refractivity contribution in [2.45, 2.75) is 58.5 Å². The predicted molar refractivity (Wildman–Crippen MR) is 90.7 cm³/mol. The van der Waals surface area contributed by atoms with E-state index in [9.17, 15) is 24.9 Å². The van der Waals surface area contributed by atoms with Gasteiger partial charge in [0.05, 0.1) is 17.4 Å². The molecule has 0 amide bonds. The van der Waals surface area contributed by atoms with E-state index in [1.165, 1.54) is 0 Å². The molecule has 0 saturated heterocycles. The molecule has 0 unspecified atom stereocenters. The number of allylic oxidation sites excluding steroid dienone is 1. The zero-order valence-corrected chi connectivity index (χ0v) is 15.0. The standard InChI is InChI=1S/C20H28O5/c1-10-9-20-7-4-11(10)8-12(20)18(2)6-5-13(21)19(3,17(24)25)15(18)14(20)16(22)23/h11-15,21H,1,4-9H2,2-3H3,(H,22,23)(H,24,25)/t11-,12-,13-,14+,15-,18-,19+,20+/m0/s1. The lowest BCUT2D eigenvalue weighted by Gasteiger charge is -2.55. The number of carboxylic acids is 2. The van der Waals surface area contributed by atoms with Crippen molar-refractivity contribution in [3.63, 3.8) is 0 Å². The predicted octanol–water partition coefficient (Wildman–Crippen LogP) is 2.93. The van der Waals surface area contributed by atoms with Crippen LogP contribution in [0.3, 0.4) is 0 Å². The van der Waals surface area contributed by atoms with Crippen LogP contribution in [-0.2, 0) is 9.59 Å². The Bertz CT molecular complexity index is 671. The molecular formula is C20H28O5. The van der Waals surface area contributed by atoms with E-state index in [2.05, 4.69) is 13.5 Å². The molecule has 5 aliphatic carbocycles. The van der Waals surface area contributed by atoms with E-state index >= 15 is 0 Å².